The minimum atomic E-state index is -0.464. The Morgan fingerprint density at radius 2 is 1.85 bits per heavy atom. The first kappa shape index (κ1) is 13.7. The van der Waals surface area contributed by atoms with Gasteiger partial charge in [0, 0.05) is 16.4 Å². The fourth-order valence-corrected chi connectivity index (χ4v) is 1.74. The van der Waals surface area contributed by atoms with E-state index in [1.54, 1.807) is 36.4 Å². The molecule has 0 heterocycles. The van der Waals surface area contributed by atoms with Crippen molar-refractivity contribution < 1.29 is 4.79 Å². The zero-order valence-electron chi connectivity index (χ0n) is 10.4. The molecule has 2 aromatic carbocycles. The van der Waals surface area contributed by atoms with Gasteiger partial charge in [0.1, 0.15) is 6.07 Å². The van der Waals surface area contributed by atoms with Gasteiger partial charge >= 0.3 is 6.03 Å². The number of carbonyl (C=O) groups is 1. The van der Waals surface area contributed by atoms with E-state index in [0.29, 0.717) is 27.6 Å². The highest BCUT2D eigenvalue weighted by Gasteiger charge is 2.07. The summed E-state index contributed by atoms with van der Waals surface area (Å²) in [7, 11) is 0. The number of nitrogens with zero attached hydrogens (tertiary/aromatic N) is 1. The fourth-order valence-electron chi connectivity index (χ4n) is 1.57. The van der Waals surface area contributed by atoms with Crippen molar-refractivity contribution in [1.82, 2.24) is 0 Å². The van der Waals surface area contributed by atoms with E-state index >= 15 is 0 Å². The number of nitriles is 1. The van der Waals surface area contributed by atoms with Crippen molar-refractivity contribution in [3.63, 3.8) is 0 Å². The molecule has 0 radical (unpaired) electrons. The van der Waals surface area contributed by atoms with Crippen molar-refractivity contribution >= 4 is 34.7 Å². The van der Waals surface area contributed by atoms with Crippen LogP contribution in [0.15, 0.2) is 42.5 Å². The van der Waals surface area contributed by atoms with Crippen LogP contribution < -0.4 is 16.4 Å². The van der Waals surface area contributed by atoms with Gasteiger partial charge < -0.3 is 16.4 Å². The normalized spacial score (nSPS) is 9.60. The molecule has 2 rings (SSSR count). The number of rotatable bonds is 2. The number of hydrogen-bond acceptors (Lipinski definition) is 3. The third kappa shape index (κ3) is 3.40. The molecule has 0 fully saturated rings. The molecular weight excluding hydrogens is 276 g/mol. The summed E-state index contributed by atoms with van der Waals surface area (Å²) < 4.78 is 0. The quantitative estimate of drug-likeness (QED) is 0.739. The first-order valence-corrected chi connectivity index (χ1v) is 6.09. The molecule has 20 heavy (non-hydrogen) atoms. The number of anilines is 3. The van der Waals surface area contributed by atoms with Crippen LogP contribution in [-0.4, -0.2) is 6.03 Å². The van der Waals surface area contributed by atoms with Crippen molar-refractivity contribution in [3.05, 3.63) is 53.1 Å². The van der Waals surface area contributed by atoms with Crippen molar-refractivity contribution in [2.24, 2.45) is 0 Å². The Bertz CT molecular complexity index is 677. The molecule has 0 aliphatic heterocycles. The van der Waals surface area contributed by atoms with Gasteiger partial charge in [-0.05, 0) is 42.5 Å². The van der Waals surface area contributed by atoms with Crippen LogP contribution in [0.2, 0.25) is 5.02 Å². The van der Waals surface area contributed by atoms with E-state index in [0.717, 1.165) is 0 Å². The molecule has 5 nitrogen and oxygen atoms in total. The van der Waals surface area contributed by atoms with E-state index in [-0.39, 0.29) is 0 Å². The van der Waals surface area contributed by atoms with Crippen LogP contribution in [0, 0.1) is 11.3 Å². The van der Waals surface area contributed by atoms with Crippen LogP contribution in [0.1, 0.15) is 5.56 Å². The summed E-state index contributed by atoms with van der Waals surface area (Å²) >= 11 is 5.84. The van der Waals surface area contributed by atoms with Crippen LogP contribution in [0.3, 0.4) is 0 Å². The average molecular weight is 287 g/mol. The van der Waals surface area contributed by atoms with E-state index < -0.39 is 6.03 Å². The average Bonchev–Trinajstić information content (AvgIpc) is 2.41. The summed E-state index contributed by atoms with van der Waals surface area (Å²) in [6.07, 6.45) is 0. The second kappa shape index (κ2) is 5.95. The number of benzene rings is 2. The Kier molecular flexibility index (Phi) is 4.08. The predicted molar refractivity (Wildman–Crippen MR) is 79.7 cm³/mol. The number of nitrogens with two attached hydrogens (primary N) is 1. The lowest BCUT2D eigenvalue weighted by atomic mass is 10.2. The summed E-state index contributed by atoms with van der Waals surface area (Å²) in [4.78, 5) is 11.8. The number of carbonyl (C=O) groups excluding carboxylic acids is 1. The van der Waals surface area contributed by atoms with Crippen LogP contribution in [0.25, 0.3) is 0 Å². The molecule has 2 amide bonds. The highest BCUT2D eigenvalue weighted by molar-refractivity contribution is 6.31. The smallest absolute Gasteiger partial charge is 0.323 e. The Balaban J connectivity index is 2.10. The lowest BCUT2D eigenvalue weighted by molar-refractivity contribution is 0.262. The zero-order chi connectivity index (χ0) is 14.5. The third-order valence-electron chi connectivity index (χ3n) is 2.52. The van der Waals surface area contributed by atoms with E-state index in [2.05, 4.69) is 10.6 Å². The van der Waals surface area contributed by atoms with Gasteiger partial charge in [-0.1, -0.05) is 11.6 Å². The highest BCUT2D eigenvalue weighted by atomic mass is 35.5. The number of urea groups is 1. The SMILES string of the molecule is N#Cc1ccc(Cl)cc1NC(=O)Nc1ccc(N)cc1. The summed E-state index contributed by atoms with van der Waals surface area (Å²) in [5, 5.41) is 14.6. The lowest BCUT2D eigenvalue weighted by Gasteiger charge is -2.09. The van der Waals surface area contributed by atoms with Crippen molar-refractivity contribution in [2.75, 3.05) is 16.4 Å². The first-order chi connectivity index (χ1) is 9.58. The second-order valence-electron chi connectivity index (χ2n) is 4.00. The molecule has 2 aromatic rings. The maximum absolute atomic E-state index is 11.8. The third-order valence-corrected chi connectivity index (χ3v) is 2.75. The molecule has 6 heteroatoms. The van der Waals surface area contributed by atoms with Gasteiger partial charge in [-0.25, -0.2) is 4.79 Å². The van der Waals surface area contributed by atoms with Gasteiger partial charge in [-0.15, -0.1) is 0 Å². The molecule has 0 aliphatic rings. The Morgan fingerprint density at radius 3 is 2.50 bits per heavy atom. The van der Waals surface area contributed by atoms with E-state index in [1.807, 2.05) is 6.07 Å². The van der Waals surface area contributed by atoms with E-state index in [1.165, 1.54) is 6.07 Å². The molecule has 0 aliphatic carbocycles. The topological polar surface area (TPSA) is 90.9 Å². The summed E-state index contributed by atoms with van der Waals surface area (Å²) in [5.74, 6) is 0. The van der Waals surface area contributed by atoms with Crippen LogP contribution in [0.4, 0.5) is 21.9 Å². The van der Waals surface area contributed by atoms with Gasteiger partial charge in [0.05, 0.1) is 11.3 Å². The zero-order valence-corrected chi connectivity index (χ0v) is 11.1. The first-order valence-electron chi connectivity index (χ1n) is 5.71. The molecule has 0 saturated heterocycles. The van der Waals surface area contributed by atoms with Crippen molar-refractivity contribution in [3.8, 4) is 6.07 Å². The minimum Gasteiger partial charge on any atom is -0.399 e. The fraction of sp³-hybridized carbons (Fsp3) is 0. The van der Waals surface area contributed by atoms with Gasteiger partial charge in [0.25, 0.3) is 0 Å². The minimum absolute atomic E-state index is 0.335. The number of halogens is 1. The van der Waals surface area contributed by atoms with Gasteiger partial charge in [0.2, 0.25) is 0 Å². The monoisotopic (exact) mass is 286 g/mol. The molecule has 0 spiro atoms. The molecule has 0 aromatic heterocycles. The Hall–Kier alpha value is -2.71. The lowest BCUT2D eigenvalue weighted by Crippen LogP contribution is -2.20. The molecule has 0 unspecified atom stereocenters. The maximum Gasteiger partial charge on any atom is 0.323 e. The highest BCUT2D eigenvalue weighted by Crippen LogP contribution is 2.20. The van der Waals surface area contributed by atoms with Crippen molar-refractivity contribution in [2.45, 2.75) is 0 Å². The van der Waals surface area contributed by atoms with E-state index in [9.17, 15) is 4.79 Å². The van der Waals surface area contributed by atoms with Crippen LogP contribution in [-0.2, 0) is 0 Å². The van der Waals surface area contributed by atoms with E-state index in [4.69, 9.17) is 22.6 Å². The van der Waals surface area contributed by atoms with Crippen LogP contribution in [0.5, 0.6) is 0 Å². The summed E-state index contributed by atoms with van der Waals surface area (Å²) in [6.45, 7) is 0. The summed E-state index contributed by atoms with van der Waals surface area (Å²) in [5.41, 5.74) is 7.45. The number of nitrogen functional groups attached to an aromatic ring is 1. The number of nitrogens with one attached hydrogen (secondary N) is 2. The Labute approximate surface area is 121 Å². The molecule has 0 bridgehead atoms. The standard InChI is InChI=1S/C14H11ClN4O/c15-10-2-1-9(8-16)13(7-10)19-14(20)18-12-5-3-11(17)4-6-12/h1-7H,17H2,(H2,18,19,20). The van der Waals surface area contributed by atoms with Crippen molar-refractivity contribution in [1.29, 1.82) is 5.26 Å². The molecule has 0 saturated carbocycles. The van der Waals surface area contributed by atoms with Gasteiger partial charge in [0.15, 0.2) is 0 Å². The molecule has 100 valence electrons. The molecule has 0 atom stereocenters. The van der Waals surface area contributed by atoms with Crippen LogP contribution >= 0.6 is 11.6 Å². The largest absolute Gasteiger partial charge is 0.399 e. The predicted octanol–water partition coefficient (Wildman–Crippen LogP) is 3.44. The summed E-state index contributed by atoms with van der Waals surface area (Å²) in [6, 6.07) is 12.9. The second-order valence-corrected chi connectivity index (χ2v) is 4.44. The number of amides is 2. The Morgan fingerprint density at radius 1 is 1.15 bits per heavy atom. The number of hydrogen-bond donors (Lipinski definition) is 3. The van der Waals surface area contributed by atoms with Gasteiger partial charge in [-0.3, -0.25) is 0 Å². The molecule has 4 N–H and O–H groups in total. The van der Waals surface area contributed by atoms with Gasteiger partial charge in [-0.2, -0.15) is 5.26 Å². The molecular formula is C14H11ClN4O. The maximum atomic E-state index is 11.8.